The Kier molecular flexibility index (Phi) is 6.47. The number of carboxylic acid groups (broad SMARTS) is 1. The van der Waals surface area contributed by atoms with Gasteiger partial charge in [0.25, 0.3) is 0 Å². The lowest BCUT2D eigenvalue weighted by Crippen LogP contribution is -2.20. The molecule has 0 amide bonds. The molecule has 2 aromatic heterocycles. The molecule has 1 aliphatic rings. The van der Waals surface area contributed by atoms with Gasteiger partial charge in [-0.1, -0.05) is 24.3 Å². The fourth-order valence-corrected chi connectivity index (χ4v) is 4.33. The summed E-state index contributed by atoms with van der Waals surface area (Å²) in [7, 11) is 0. The molecule has 1 fully saturated rings. The predicted octanol–water partition coefficient (Wildman–Crippen LogP) is 6.49. The van der Waals surface area contributed by atoms with E-state index in [1.54, 1.807) is 4.57 Å². The average Bonchev–Trinajstić information content (AvgIpc) is 3.66. The van der Waals surface area contributed by atoms with E-state index >= 15 is 0 Å². The topological polar surface area (TPSA) is 92.9 Å². The van der Waals surface area contributed by atoms with Crippen molar-refractivity contribution in [1.82, 2.24) is 19.5 Å². The van der Waals surface area contributed by atoms with Gasteiger partial charge in [0, 0.05) is 18.2 Å². The Hall–Kier alpha value is -4.16. The maximum atomic E-state index is 13.2. The van der Waals surface area contributed by atoms with Crippen LogP contribution in [0.2, 0.25) is 0 Å². The molecule has 1 atom stereocenters. The number of carbonyl (C=O) groups is 1. The molecule has 1 unspecified atom stereocenters. The van der Waals surface area contributed by atoms with Crippen molar-refractivity contribution in [2.24, 2.45) is 5.92 Å². The number of rotatable bonds is 7. The van der Waals surface area contributed by atoms with E-state index in [0.717, 1.165) is 37.1 Å². The van der Waals surface area contributed by atoms with Gasteiger partial charge in [0.1, 0.15) is 11.3 Å². The number of imidazole rings is 1. The molecule has 0 aliphatic heterocycles. The summed E-state index contributed by atoms with van der Waals surface area (Å²) in [6, 6.07) is 8.58. The van der Waals surface area contributed by atoms with E-state index in [9.17, 15) is 36.2 Å². The van der Waals surface area contributed by atoms with E-state index in [1.807, 2.05) is 6.92 Å². The van der Waals surface area contributed by atoms with E-state index in [0.29, 0.717) is 11.5 Å². The van der Waals surface area contributed by atoms with Crippen molar-refractivity contribution in [3.05, 3.63) is 71.0 Å². The van der Waals surface area contributed by atoms with Gasteiger partial charge in [-0.05, 0) is 55.5 Å². The third-order valence-electron chi connectivity index (χ3n) is 6.58. The smallest absolute Gasteiger partial charge is 0.416 e. The summed E-state index contributed by atoms with van der Waals surface area (Å²) in [6.07, 6.45) is -7.12. The number of hydrogen-bond donors (Lipinski definition) is 2. The molecule has 204 valence electrons. The molecule has 39 heavy (non-hydrogen) atoms. The summed E-state index contributed by atoms with van der Waals surface area (Å²) < 4.78 is 80.3. The van der Waals surface area contributed by atoms with Crippen LogP contribution in [0.3, 0.4) is 0 Å². The zero-order chi connectivity index (χ0) is 28.1. The lowest BCUT2D eigenvalue weighted by Gasteiger charge is -2.17. The quantitative estimate of drug-likeness (QED) is 0.256. The lowest BCUT2D eigenvalue weighted by atomic mass is 10.1. The molecule has 7 nitrogen and oxygen atoms in total. The first-order chi connectivity index (χ1) is 18.3. The maximum absolute atomic E-state index is 13.2. The summed E-state index contributed by atoms with van der Waals surface area (Å²) in [4.78, 5) is 24.4. The molecule has 0 radical (unpaired) electrons. The van der Waals surface area contributed by atoms with Gasteiger partial charge >= 0.3 is 18.3 Å². The van der Waals surface area contributed by atoms with Crippen LogP contribution < -0.4 is 5.32 Å². The van der Waals surface area contributed by atoms with Crippen molar-refractivity contribution in [2.45, 2.75) is 44.7 Å². The lowest BCUT2D eigenvalue weighted by molar-refractivity contribution is -0.138. The molecule has 0 spiro atoms. The van der Waals surface area contributed by atoms with E-state index in [2.05, 4.69) is 20.3 Å². The predicted molar refractivity (Wildman–Crippen MR) is 129 cm³/mol. The second-order valence-corrected chi connectivity index (χ2v) is 9.43. The summed E-state index contributed by atoms with van der Waals surface area (Å²) in [5.41, 5.74) is -0.730. The number of aromatic carboxylic acids is 1. The van der Waals surface area contributed by atoms with Gasteiger partial charge in [-0.2, -0.15) is 26.3 Å². The highest BCUT2D eigenvalue weighted by molar-refractivity contribution is 5.92. The van der Waals surface area contributed by atoms with Gasteiger partial charge in [-0.15, -0.1) is 0 Å². The van der Waals surface area contributed by atoms with Crippen molar-refractivity contribution in [3.8, 4) is 11.4 Å². The van der Waals surface area contributed by atoms with E-state index < -0.39 is 35.3 Å². The van der Waals surface area contributed by atoms with Crippen LogP contribution in [-0.4, -0.2) is 36.6 Å². The molecule has 1 aliphatic carbocycles. The third-order valence-corrected chi connectivity index (χ3v) is 6.58. The number of nitrogens with one attached hydrogen (secondary N) is 1. The van der Waals surface area contributed by atoms with Crippen LogP contribution in [0.25, 0.3) is 22.6 Å². The number of aromatic nitrogens is 4. The summed E-state index contributed by atoms with van der Waals surface area (Å²) in [5, 5.41) is 12.8. The maximum Gasteiger partial charge on any atom is 0.416 e. The number of fused-ring (bicyclic) bond motifs is 1. The largest absolute Gasteiger partial charge is 0.475 e. The highest BCUT2D eigenvalue weighted by atomic mass is 19.4. The van der Waals surface area contributed by atoms with Crippen LogP contribution in [0.1, 0.15) is 47.1 Å². The second-order valence-electron chi connectivity index (χ2n) is 9.43. The standard InChI is InChI=1S/C26H21F6N5O2/c1-13(15-4-5-15)33-20-19-21(35-22(34-20)24(38)39)36-23(16-6-10-18(11-7-16)26(30,31)32)37(19)12-14-2-8-17(9-3-14)25(27,28)29/h2-3,6-11,13,15H,4-5,12H2,1H3,(H,38,39)(H,33,34,35). The Morgan fingerprint density at radius 3 is 2.03 bits per heavy atom. The number of anilines is 1. The van der Waals surface area contributed by atoms with Crippen molar-refractivity contribution in [2.75, 3.05) is 5.32 Å². The molecule has 2 aromatic carbocycles. The van der Waals surface area contributed by atoms with Crippen LogP contribution in [0, 0.1) is 5.92 Å². The SMILES string of the molecule is CC(Nc1nc(C(=O)O)nc2nc(-c3ccc(C(F)(F)F)cc3)n(Cc3ccc(C(F)(F)F)cc3)c12)C1CC1. The van der Waals surface area contributed by atoms with Crippen LogP contribution in [0.5, 0.6) is 0 Å². The van der Waals surface area contributed by atoms with Gasteiger partial charge < -0.3 is 15.0 Å². The second kappa shape index (κ2) is 9.54. The van der Waals surface area contributed by atoms with Gasteiger partial charge in [-0.3, -0.25) is 0 Å². The van der Waals surface area contributed by atoms with Crippen LogP contribution in [0.4, 0.5) is 32.2 Å². The van der Waals surface area contributed by atoms with Gasteiger partial charge in [0.05, 0.1) is 11.1 Å². The Morgan fingerprint density at radius 1 is 0.949 bits per heavy atom. The fourth-order valence-electron chi connectivity index (χ4n) is 4.33. The minimum Gasteiger partial charge on any atom is -0.475 e. The Morgan fingerprint density at radius 2 is 1.51 bits per heavy atom. The Labute approximate surface area is 217 Å². The van der Waals surface area contributed by atoms with Crippen LogP contribution in [0.15, 0.2) is 48.5 Å². The number of halogens is 6. The van der Waals surface area contributed by atoms with Crippen molar-refractivity contribution in [3.63, 3.8) is 0 Å². The third kappa shape index (κ3) is 5.52. The zero-order valence-corrected chi connectivity index (χ0v) is 20.3. The van der Waals surface area contributed by atoms with Gasteiger partial charge in [-0.25, -0.2) is 19.7 Å². The minimum absolute atomic E-state index is 0.0188. The van der Waals surface area contributed by atoms with Crippen LogP contribution >= 0.6 is 0 Å². The Bertz CT molecular complexity index is 1520. The number of benzene rings is 2. The van der Waals surface area contributed by atoms with E-state index in [-0.39, 0.29) is 41.0 Å². The molecular formula is C26H21F6N5O2. The summed E-state index contributed by atoms with van der Waals surface area (Å²) >= 11 is 0. The first kappa shape index (κ1) is 26.4. The number of alkyl halides is 6. The van der Waals surface area contributed by atoms with Crippen molar-refractivity contribution < 1.29 is 36.2 Å². The highest BCUT2D eigenvalue weighted by Gasteiger charge is 2.32. The average molecular weight is 549 g/mol. The summed E-state index contributed by atoms with van der Waals surface area (Å²) in [6.45, 7) is 1.88. The molecule has 0 saturated heterocycles. The summed E-state index contributed by atoms with van der Waals surface area (Å²) in [5.74, 6) is -1.26. The van der Waals surface area contributed by atoms with Crippen molar-refractivity contribution >= 4 is 23.0 Å². The molecule has 5 rings (SSSR count). The molecule has 4 aromatic rings. The highest BCUT2D eigenvalue weighted by Crippen LogP contribution is 2.37. The van der Waals surface area contributed by atoms with Crippen molar-refractivity contribution in [1.29, 1.82) is 0 Å². The van der Waals surface area contributed by atoms with Gasteiger partial charge in [0.15, 0.2) is 11.5 Å². The number of hydrogen-bond acceptors (Lipinski definition) is 5. The molecular weight excluding hydrogens is 528 g/mol. The zero-order valence-electron chi connectivity index (χ0n) is 20.3. The molecule has 2 heterocycles. The molecule has 1 saturated carbocycles. The fraction of sp³-hybridized carbons (Fsp3) is 0.308. The molecule has 13 heteroatoms. The number of carboxylic acids is 1. The first-order valence-corrected chi connectivity index (χ1v) is 11.9. The monoisotopic (exact) mass is 549 g/mol. The number of nitrogens with zero attached hydrogens (tertiary/aromatic N) is 4. The van der Waals surface area contributed by atoms with Crippen LogP contribution in [-0.2, 0) is 18.9 Å². The van der Waals surface area contributed by atoms with Gasteiger partial charge in [0.2, 0.25) is 5.82 Å². The first-order valence-electron chi connectivity index (χ1n) is 11.9. The normalized spacial score (nSPS) is 14.9. The Balaban J connectivity index is 1.68. The van der Waals surface area contributed by atoms with E-state index in [1.165, 1.54) is 24.3 Å². The molecule has 2 N–H and O–H groups in total. The van der Waals surface area contributed by atoms with E-state index in [4.69, 9.17) is 0 Å². The minimum atomic E-state index is -4.56. The molecule has 0 bridgehead atoms.